The maximum Gasteiger partial charge on any atom is 0.276 e. The van der Waals surface area contributed by atoms with Crippen LogP contribution < -0.4 is 21.7 Å². The molecule has 182 valence electrons. The Hall–Kier alpha value is -3.78. The molecule has 2 aromatic heterocycles. The maximum atomic E-state index is 14.7. The molecule has 0 spiro atoms. The normalized spacial score (nSPS) is 16.1. The molecular formula is C27H31FN6O. The third-order valence-electron chi connectivity index (χ3n) is 5.93. The zero-order chi connectivity index (χ0) is 24.9. The lowest BCUT2D eigenvalue weighted by Crippen LogP contribution is -2.43. The molecule has 8 heteroatoms. The van der Waals surface area contributed by atoms with E-state index in [1.54, 1.807) is 36.7 Å². The highest BCUT2D eigenvalue weighted by atomic mass is 19.1. The summed E-state index contributed by atoms with van der Waals surface area (Å²) < 4.78 is 14.7. The molecule has 7 nitrogen and oxygen atoms in total. The van der Waals surface area contributed by atoms with E-state index in [-0.39, 0.29) is 17.4 Å². The lowest BCUT2D eigenvalue weighted by Gasteiger charge is -2.33. The van der Waals surface area contributed by atoms with Crippen molar-refractivity contribution < 1.29 is 9.18 Å². The van der Waals surface area contributed by atoms with E-state index in [1.165, 1.54) is 6.07 Å². The minimum atomic E-state index is -0.490. The summed E-state index contributed by atoms with van der Waals surface area (Å²) >= 11 is 0. The van der Waals surface area contributed by atoms with Crippen molar-refractivity contribution in [1.82, 2.24) is 9.97 Å². The van der Waals surface area contributed by atoms with Gasteiger partial charge in [0, 0.05) is 30.9 Å². The van der Waals surface area contributed by atoms with Crippen LogP contribution in [0.2, 0.25) is 0 Å². The number of aromatic nitrogens is 2. The van der Waals surface area contributed by atoms with Gasteiger partial charge in [-0.2, -0.15) is 0 Å². The number of nitrogen functional groups attached to an aromatic ring is 1. The molecule has 1 aliphatic rings. The van der Waals surface area contributed by atoms with Gasteiger partial charge in [0.15, 0.2) is 5.69 Å². The van der Waals surface area contributed by atoms with E-state index >= 15 is 0 Å². The van der Waals surface area contributed by atoms with Gasteiger partial charge < -0.3 is 21.7 Å². The first kappa shape index (κ1) is 24.3. The molecule has 0 radical (unpaired) electrons. The lowest BCUT2D eigenvalue weighted by atomic mass is 10.0. The Kier molecular flexibility index (Phi) is 7.41. The summed E-state index contributed by atoms with van der Waals surface area (Å²) in [5, 5.41) is 2.89. The van der Waals surface area contributed by atoms with E-state index in [2.05, 4.69) is 34.0 Å². The van der Waals surface area contributed by atoms with E-state index in [1.807, 2.05) is 18.2 Å². The van der Waals surface area contributed by atoms with Crippen molar-refractivity contribution in [1.29, 1.82) is 0 Å². The number of nitrogens with zero attached hydrogens (tertiary/aromatic N) is 3. The second-order valence-corrected chi connectivity index (χ2v) is 9.17. The van der Waals surface area contributed by atoms with Gasteiger partial charge in [-0.15, -0.1) is 0 Å². The average molecular weight is 475 g/mol. The summed E-state index contributed by atoms with van der Waals surface area (Å²) in [7, 11) is 0. The summed E-state index contributed by atoms with van der Waals surface area (Å²) in [6.07, 6.45) is 9.20. The Balaban J connectivity index is 1.62. The smallest absolute Gasteiger partial charge is 0.276 e. The van der Waals surface area contributed by atoms with Crippen LogP contribution in [0.1, 0.15) is 42.7 Å². The number of anilines is 3. The number of rotatable bonds is 6. The first-order valence-electron chi connectivity index (χ1n) is 11.8. The van der Waals surface area contributed by atoms with E-state index < -0.39 is 11.7 Å². The molecule has 3 aromatic rings. The fourth-order valence-corrected chi connectivity index (χ4v) is 4.12. The molecular weight excluding hydrogens is 443 g/mol. The molecule has 1 atom stereocenters. The summed E-state index contributed by atoms with van der Waals surface area (Å²) in [6.45, 7) is 5.68. The highest BCUT2D eigenvalue weighted by Gasteiger charge is 2.22. The predicted molar refractivity (Wildman–Crippen MR) is 140 cm³/mol. The van der Waals surface area contributed by atoms with Crippen LogP contribution >= 0.6 is 0 Å². The van der Waals surface area contributed by atoms with Crippen LogP contribution in [0.3, 0.4) is 0 Å². The molecule has 4 rings (SSSR count). The fraction of sp³-hybridized carbons (Fsp3) is 0.296. The standard InChI is InChI=1S/C27H31FN6O/c1-17(2)5-6-18-7-8-21(28)20(14-18)23-10-9-22(30)26(32-23)27(35)33-24-15-31-12-11-25(24)34-13-3-4-19(29)16-34/h5-12,14-15,17,19H,3-4,13,16,29-30H2,1-2H3,(H,33,35)/t19-/m0/s1. The van der Waals surface area contributed by atoms with Gasteiger partial charge in [0.25, 0.3) is 5.91 Å². The van der Waals surface area contributed by atoms with Crippen LogP contribution in [-0.4, -0.2) is 35.0 Å². The molecule has 0 bridgehead atoms. The highest BCUT2D eigenvalue weighted by molar-refractivity contribution is 6.08. The van der Waals surface area contributed by atoms with Crippen LogP contribution in [0.25, 0.3) is 17.3 Å². The lowest BCUT2D eigenvalue weighted by molar-refractivity contribution is 0.102. The molecule has 1 aromatic carbocycles. The van der Waals surface area contributed by atoms with E-state index in [0.717, 1.165) is 30.6 Å². The van der Waals surface area contributed by atoms with Crippen LogP contribution in [0.15, 0.2) is 54.9 Å². The monoisotopic (exact) mass is 474 g/mol. The summed E-state index contributed by atoms with van der Waals surface area (Å²) in [4.78, 5) is 24.0. The molecule has 1 saturated heterocycles. The Bertz CT molecular complexity index is 1240. The summed E-state index contributed by atoms with van der Waals surface area (Å²) in [5.74, 6) is -0.547. The average Bonchev–Trinajstić information content (AvgIpc) is 2.84. The second-order valence-electron chi connectivity index (χ2n) is 9.17. The Labute approximate surface area is 205 Å². The number of hydrogen-bond acceptors (Lipinski definition) is 6. The fourth-order valence-electron chi connectivity index (χ4n) is 4.12. The van der Waals surface area contributed by atoms with Gasteiger partial charge in [-0.05, 0) is 54.7 Å². The van der Waals surface area contributed by atoms with Crippen molar-refractivity contribution >= 4 is 29.0 Å². The Morgan fingerprint density at radius 2 is 2.09 bits per heavy atom. The van der Waals surface area contributed by atoms with Gasteiger partial charge in [0.05, 0.1) is 29.0 Å². The maximum absolute atomic E-state index is 14.7. The van der Waals surface area contributed by atoms with Crippen molar-refractivity contribution in [3.05, 3.63) is 71.9 Å². The van der Waals surface area contributed by atoms with Crippen molar-refractivity contribution in [2.45, 2.75) is 32.7 Å². The topological polar surface area (TPSA) is 110 Å². The van der Waals surface area contributed by atoms with Gasteiger partial charge in [-0.1, -0.05) is 32.1 Å². The van der Waals surface area contributed by atoms with Crippen LogP contribution in [0, 0.1) is 11.7 Å². The third kappa shape index (κ3) is 5.84. The largest absolute Gasteiger partial charge is 0.397 e. The third-order valence-corrected chi connectivity index (χ3v) is 5.93. The number of pyridine rings is 2. The van der Waals surface area contributed by atoms with E-state index in [9.17, 15) is 9.18 Å². The van der Waals surface area contributed by atoms with Crippen molar-refractivity contribution in [3.63, 3.8) is 0 Å². The van der Waals surface area contributed by atoms with E-state index in [4.69, 9.17) is 11.5 Å². The molecule has 0 unspecified atom stereocenters. The number of piperidine rings is 1. The number of nitrogens with two attached hydrogens (primary N) is 2. The highest BCUT2D eigenvalue weighted by Crippen LogP contribution is 2.29. The predicted octanol–water partition coefficient (Wildman–Crippen LogP) is 4.71. The SMILES string of the molecule is CC(C)C=Cc1ccc(F)c(-c2ccc(N)c(C(=O)Nc3cnccc3N3CCC[C@H](N)C3)n2)c1. The second kappa shape index (κ2) is 10.7. The van der Waals surface area contributed by atoms with Gasteiger partial charge in [0.2, 0.25) is 0 Å². The van der Waals surface area contributed by atoms with Gasteiger partial charge >= 0.3 is 0 Å². The molecule has 1 fully saturated rings. The number of halogens is 1. The van der Waals surface area contributed by atoms with Gasteiger partial charge in [-0.25, -0.2) is 9.37 Å². The molecule has 0 saturated carbocycles. The number of benzene rings is 1. The van der Waals surface area contributed by atoms with Crippen LogP contribution in [-0.2, 0) is 0 Å². The Morgan fingerprint density at radius 1 is 1.26 bits per heavy atom. The van der Waals surface area contributed by atoms with Gasteiger partial charge in [-0.3, -0.25) is 9.78 Å². The number of carbonyl (C=O) groups is 1. The zero-order valence-electron chi connectivity index (χ0n) is 20.0. The first-order chi connectivity index (χ1) is 16.8. The molecule has 0 aliphatic carbocycles. The van der Waals surface area contributed by atoms with E-state index in [0.29, 0.717) is 29.4 Å². The van der Waals surface area contributed by atoms with Crippen molar-refractivity contribution in [2.75, 3.05) is 29.0 Å². The number of hydrogen-bond donors (Lipinski definition) is 3. The number of amides is 1. The minimum Gasteiger partial charge on any atom is -0.397 e. The molecule has 1 amide bonds. The summed E-state index contributed by atoms with van der Waals surface area (Å²) in [6, 6.07) is 9.94. The van der Waals surface area contributed by atoms with Gasteiger partial charge in [0.1, 0.15) is 5.82 Å². The first-order valence-corrected chi connectivity index (χ1v) is 11.8. The number of nitrogens with one attached hydrogen (secondary N) is 1. The van der Waals surface area contributed by atoms with Crippen LogP contribution in [0.4, 0.5) is 21.5 Å². The van der Waals surface area contributed by atoms with Crippen LogP contribution in [0.5, 0.6) is 0 Å². The summed E-state index contributed by atoms with van der Waals surface area (Å²) in [5.41, 5.74) is 15.3. The quantitative estimate of drug-likeness (QED) is 0.477. The number of allylic oxidation sites excluding steroid dienone is 1. The van der Waals surface area contributed by atoms with Crippen molar-refractivity contribution in [2.24, 2.45) is 11.7 Å². The molecule has 1 aliphatic heterocycles. The minimum absolute atomic E-state index is 0.0233. The van der Waals surface area contributed by atoms with Crippen molar-refractivity contribution in [3.8, 4) is 11.3 Å². The molecule has 35 heavy (non-hydrogen) atoms. The molecule has 3 heterocycles. The molecule has 5 N–H and O–H groups in total. The Morgan fingerprint density at radius 3 is 2.86 bits per heavy atom. The number of carbonyl (C=O) groups excluding carboxylic acids is 1. The zero-order valence-corrected chi connectivity index (χ0v) is 20.0.